The average molecular weight is 270 g/mol. The molecular weight excluding hydrogens is 244 g/mol. The molecule has 0 bridgehead atoms. The van der Waals surface area contributed by atoms with Gasteiger partial charge in [-0.3, -0.25) is 4.79 Å². The van der Waals surface area contributed by atoms with Crippen molar-refractivity contribution in [3.05, 3.63) is 0 Å². The monoisotopic (exact) mass is 270 g/mol. The highest BCUT2D eigenvalue weighted by atomic mass is 16.5. The maximum absolute atomic E-state index is 12.4. The van der Waals surface area contributed by atoms with Gasteiger partial charge >= 0.3 is 0 Å². The predicted octanol–water partition coefficient (Wildman–Crippen LogP) is 0.768. The van der Waals surface area contributed by atoms with Gasteiger partial charge < -0.3 is 20.1 Å². The zero-order valence-corrected chi connectivity index (χ0v) is 11.8. The maximum atomic E-state index is 12.4. The van der Waals surface area contributed by atoms with Gasteiger partial charge in [-0.15, -0.1) is 0 Å². The van der Waals surface area contributed by atoms with Crippen molar-refractivity contribution >= 4 is 5.91 Å². The van der Waals surface area contributed by atoms with Gasteiger partial charge in [0.1, 0.15) is 0 Å². The summed E-state index contributed by atoms with van der Waals surface area (Å²) in [6, 6.07) is 0. The summed E-state index contributed by atoms with van der Waals surface area (Å²) in [5.74, 6) is 0.333. The summed E-state index contributed by atoms with van der Waals surface area (Å²) in [7, 11) is 0. The third-order valence-corrected chi connectivity index (χ3v) is 4.15. The van der Waals surface area contributed by atoms with Crippen LogP contribution in [0.4, 0.5) is 0 Å². The summed E-state index contributed by atoms with van der Waals surface area (Å²) in [6.45, 7) is 5.76. The molecule has 2 unspecified atom stereocenters. The largest absolute Gasteiger partial charge is 0.378 e. The van der Waals surface area contributed by atoms with Crippen LogP contribution in [0, 0.1) is 5.92 Å². The molecule has 2 saturated heterocycles. The summed E-state index contributed by atoms with van der Waals surface area (Å²) >= 11 is 0. The van der Waals surface area contributed by atoms with E-state index in [1.54, 1.807) is 0 Å². The van der Waals surface area contributed by atoms with Gasteiger partial charge in [-0.2, -0.15) is 0 Å². The SMILES string of the molecule is CC1OCCC1C(=O)N1CCC(OCCCN)CC1. The first-order valence-electron chi connectivity index (χ1n) is 7.44. The third-order valence-electron chi connectivity index (χ3n) is 4.15. The molecule has 5 heteroatoms. The number of hydrogen-bond acceptors (Lipinski definition) is 4. The highest BCUT2D eigenvalue weighted by molar-refractivity contribution is 5.79. The molecule has 2 fully saturated rings. The minimum atomic E-state index is 0.0645. The minimum absolute atomic E-state index is 0.0645. The van der Waals surface area contributed by atoms with Gasteiger partial charge in [-0.1, -0.05) is 0 Å². The number of piperidine rings is 1. The molecule has 0 aromatic rings. The Labute approximate surface area is 115 Å². The maximum Gasteiger partial charge on any atom is 0.228 e. The Morgan fingerprint density at radius 1 is 1.37 bits per heavy atom. The Morgan fingerprint density at radius 2 is 2.11 bits per heavy atom. The summed E-state index contributed by atoms with van der Waals surface area (Å²) < 4.78 is 11.2. The van der Waals surface area contributed by atoms with Crippen molar-refractivity contribution in [3.8, 4) is 0 Å². The van der Waals surface area contributed by atoms with Gasteiger partial charge in [0.05, 0.1) is 18.1 Å². The Kier molecular flexibility index (Phi) is 5.60. The fourth-order valence-electron chi connectivity index (χ4n) is 2.87. The van der Waals surface area contributed by atoms with E-state index in [2.05, 4.69) is 0 Å². The molecule has 2 aliphatic heterocycles. The number of hydrogen-bond donors (Lipinski definition) is 1. The van der Waals surface area contributed by atoms with Crippen molar-refractivity contribution in [2.45, 2.75) is 44.8 Å². The molecule has 0 radical (unpaired) electrons. The van der Waals surface area contributed by atoms with Crippen molar-refractivity contribution in [3.63, 3.8) is 0 Å². The molecule has 0 saturated carbocycles. The Morgan fingerprint density at radius 3 is 2.68 bits per heavy atom. The van der Waals surface area contributed by atoms with Crippen molar-refractivity contribution in [1.29, 1.82) is 0 Å². The number of nitrogens with zero attached hydrogens (tertiary/aromatic N) is 1. The lowest BCUT2D eigenvalue weighted by Gasteiger charge is -2.34. The summed E-state index contributed by atoms with van der Waals surface area (Å²) in [5, 5.41) is 0. The molecule has 2 heterocycles. The van der Waals surface area contributed by atoms with Gasteiger partial charge in [-0.05, 0) is 39.2 Å². The molecule has 0 aliphatic carbocycles. The van der Waals surface area contributed by atoms with Crippen LogP contribution in [0.25, 0.3) is 0 Å². The normalized spacial score (nSPS) is 28.8. The molecule has 2 aliphatic rings. The molecule has 1 amide bonds. The van der Waals surface area contributed by atoms with E-state index in [0.29, 0.717) is 12.6 Å². The van der Waals surface area contributed by atoms with Crippen molar-refractivity contribution in [2.75, 3.05) is 32.8 Å². The van der Waals surface area contributed by atoms with Gasteiger partial charge in [-0.25, -0.2) is 0 Å². The van der Waals surface area contributed by atoms with Crippen LogP contribution in [0.1, 0.15) is 32.6 Å². The van der Waals surface area contributed by atoms with Crippen LogP contribution in [0.15, 0.2) is 0 Å². The van der Waals surface area contributed by atoms with E-state index in [0.717, 1.165) is 52.0 Å². The smallest absolute Gasteiger partial charge is 0.228 e. The first kappa shape index (κ1) is 14.8. The Bertz CT molecular complexity index is 290. The quantitative estimate of drug-likeness (QED) is 0.749. The third kappa shape index (κ3) is 3.91. The van der Waals surface area contributed by atoms with E-state index >= 15 is 0 Å². The lowest BCUT2D eigenvalue weighted by Crippen LogP contribution is -2.45. The van der Waals surface area contributed by atoms with Crippen LogP contribution in [0.5, 0.6) is 0 Å². The van der Waals surface area contributed by atoms with E-state index in [1.165, 1.54) is 0 Å². The molecular formula is C14H26N2O3. The van der Waals surface area contributed by atoms with Crippen LogP contribution >= 0.6 is 0 Å². The van der Waals surface area contributed by atoms with E-state index in [1.807, 2.05) is 11.8 Å². The molecule has 2 atom stereocenters. The first-order valence-corrected chi connectivity index (χ1v) is 7.44. The van der Waals surface area contributed by atoms with E-state index < -0.39 is 0 Å². The molecule has 2 N–H and O–H groups in total. The van der Waals surface area contributed by atoms with Crippen LogP contribution in [-0.2, 0) is 14.3 Å². The Hall–Kier alpha value is -0.650. The molecule has 0 aromatic carbocycles. The van der Waals surface area contributed by atoms with Crippen molar-refractivity contribution in [2.24, 2.45) is 11.7 Å². The standard InChI is InChI=1S/C14H26N2O3/c1-11-13(5-10-18-11)14(17)16-7-3-12(4-8-16)19-9-2-6-15/h11-13H,2-10,15H2,1H3. The summed E-state index contributed by atoms with van der Waals surface area (Å²) in [6.07, 6.45) is 4.04. The number of ether oxygens (including phenoxy) is 2. The highest BCUT2D eigenvalue weighted by Crippen LogP contribution is 2.25. The average Bonchev–Trinajstić information content (AvgIpc) is 2.85. The van der Waals surface area contributed by atoms with E-state index in [4.69, 9.17) is 15.2 Å². The van der Waals surface area contributed by atoms with Crippen LogP contribution in [0.3, 0.4) is 0 Å². The fourth-order valence-corrected chi connectivity index (χ4v) is 2.87. The lowest BCUT2D eigenvalue weighted by molar-refractivity contribution is -0.139. The number of likely N-dealkylation sites (tertiary alicyclic amines) is 1. The number of carbonyl (C=O) groups is 1. The highest BCUT2D eigenvalue weighted by Gasteiger charge is 2.35. The minimum Gasteiger partial charge on any atom is -0.378 e. The molecule has 19 heavy (non-hydrogen) atoms. The van der Waals surface area contributed by atoms with E-state index in [-0.39, 0.29) is 17.9 Å². The van der Waals surface area contributed by atoms with Crippen molar-refractivity contribution in [1.82, 2.24) is 4.90 Å². The molecule has 0 aromatic heterocycles. The van der Waals surface area contributed by atoms with Gasteiger partial charge in [0.15, 0.2) is 0 Å². The second kappa shape index (κ2) is 7.22. The number of nitrogens with two attached hydrogens (primary N) is 1. The second-order valence-corrected chi connectivity index (χ2v) is 5.51. The van der Waals surface area contributed by atoms with Crippen LogP contribution in [-0.4, -0.2) is 55.9 Å². The Balaban J connectivity index is 1.72. The van der Waals surface area contributed by atoms with Gasteiger partial charge in [0.25, 0.3) is 0 Å². The van der Waals surface area contributed by atoms with Crippen LogP contribution < -0.4 is 5.73 Å². The number of carbonyl (C=O) groups excluding carboxylic acids is 1. The van der Waals surface area contributed by atoms with Crippen LogP contribution in [0.2, 0.25) is 0 Å². The second-order valence-electron chi connectivity index (χ2n) is 5.51. The summed E-state index contributed by atoms with van der Waals surface area (Å²) in [5.41, 5.74) is 5.44. The predicted molar refractivity (Wildman–Crippen MR) is 72.7 cm³/mol. The summed E-state index contributed by atoms with van der Waals surface area (Å²) in [4.78, 5) is 14.4. The first-order chi connectivity index (χ1) is 9.22. The lowest BCUT2D eigenvalue weighted by atomic mass is 9.99. The topological polar surface area (TPSA) is 64.8 Å². The van der Waals surface area contributed by atoms with Crippen molar-refractivity contribution < 1.29 is 14.3 Å². The molecule has 2 rings (SSSR count). The molecule has 5 nitrogen and oxygen atoms in total. The van der Waals surface area contributed by atoms with Gasteiger partial charge in [0.2, 0.25) is 5.91 Å². The molecule has 110 valence electrons. The van der Waals surface area contributed by atoms with Gasteiger partial charge in [0, 0.05) is 26.3 Å². The molecule has 0 spiro atoms. The zero-order valence-electron chi connectivity index (χ0n) is 11.8. The number of amides is 1. The number of rotatable bonds is 5. The fraction of sp³-hybridized carbons (Fsp3) is 0.929. The zero-order chi connectivity index (χ0) is 13.7. The van der Waals surface area contributed by atoms with E-state index in [9.17, 15) is 4.79 Å².